The van der Waals surface area contributed by atoms with E-state index in [0.717, 1.165) is 11.5 Å². The van der Waals surface area contributed by atoms with E-state index in [4.69, 9.17) is 5.73 Å². The summed E-state index contributed by atoms with van der Waals surface area (Å²) >= 11 is 0. The van der Waals surface area contributed by atoms with Gasteiger partial charge in [0, 0.05) is 25.8 Å². The summed E-state index contributed by atoms with van der Waals surface area (Å²) in [6, 6.07) is 0.558. The van der Waals surface area contributed by atoms with Crippen molar-refractivity contribution < 1.29 is 4.79 Å². The molecule has 3 atom stereocenters. The highest BCUT2D eigenvalue weighted by Crippen LogP contribution is 2.30. The van der Waals surface area contributed by atoms with Crippen molar-refractivity contribution in [2.24, 2.45) is 24.6 Å². The van der Waals surface area contributed by atoms with Gasteiger partial charge in [0.05, 0.1) is 12.1 Å². The summed E-state index contributed by atoms with van der Waals surface area (Å²) in [5.74, 6) is 0.396. The van der Waals surface area contributed by atoms with Crippen LogP contribution < -0.4 is 11.1 Å². The number of primary amides is 1. The highest BCUT2D eigenvalue weighted by molar-refractivity contribution is 5.77. The average molecular weight is 335 g/mol. The Morgan fingerprint density at radius 1 is 1.42 bits per heavy atom. The molecule has 1 amide bonds. The van der Waals surface area contributed by atoms with Gasteiger partial charge in [0.25, 0.3) is 0 Å². The minimum absolute atomic E-state index is 0.157. The SMILES string of the molecule is CCCCCC[C@@H]1CCC[C@H]1NC[C@H](Cc1cnn(C)c1)C(N)=O. The third kappa shape index (κ3) is 5.93. The highest BCUT2D eigenvalue weighted by atomic mass is 16.1. The molecule has 1 aromatic rings. The van der Waals surface area contributed by atoms with E-state index in [2.05, 4.69) is 17.3 Å². The number of hydrogen-bond donors (Lipinski definition) is 2. The molecule has 0 aromatic carbocycles. The number of amides is 1. The van der Waals surface area contributed by atoms with Crippen LogP contribution in [0.5, 0.6) is 0 Å². The molecule has 1 aliphatic carbocycles. The predicted molar refractivity (Wildman–Crippen MR) is 97.5 cm³/mol. The lowest BCUT2D eigenvalue weighted by Crippen LogP contribution is -2.40. The molecule has 0 saturated heterocycles. The zero-order chi connectivity index (χ0) is 17.4. The van der Waals surface area contributed by atoms with Gasteiger partial charge in [-0.05, 0) is 37.2 Å². The summed E-state index contributed by atoms with van der Waals surface area (Å²) < 4.78 is 1.77. The summed E-state index contributed by atoms with van der Waals surface area (Å²) in [6.07, 6.45) is 15.0. The molecule has 5 nitrogen and oxygen atoms in total. The van der Waals surface area contributed by atoms with Gasteiger partial charge in [0.1, 0.15) is 0 Å². The molecule has 1 aromatic heterocycles. The van der Waals surface area contributed by atoms with Gasteiger partial charge in [-0.3, -0.25) is 9.48 Å². The van der Waals surface area contributed by atoms with E-state index in [-0.39, 0.29) is 11.8 Å². The van der Waals surface area contributed by atoms with Gasteiger partial charge in [0.2, 0.25) is 5.91 Å². The lowest BCUT2D eigenvalue weighted by atomic mass is 9.94. The van der Waals surface area contributed by atoms with Crippen molar-refractivity contribution in [2.45, 2.75) is 70.8 Å². The average Bonchev–Trinajstić information content (AvgIpc) is 3.16. The Balaban J connectivity index is 1.78. The minimum Gasteiger partial charge on any atom is -0.369 e. The number of hydrogen-bond acceptors (Lipinski definition) is 3. The zero-order valence-electron chi connectivity index (χ0n) is 15.3. The van der Waals surface area contributed by atoms with E-state index in [9.17, 15) is 4.79 Å². The lowest BCUT2D eigenvalue weighted by molar-refractivity contribution is -0.121. The molecule has 0 radical (unpaired) electrons. The summed E-state index contributed by atoms with van der Waals surface area (Å²) in [6.45, 7) is 2.94. The third-order valence-electron chi connectivity index (χ3n) is 5.36. The first-order chi connectivity index (χ1) is 11.6. The molecule has 1 heterocycles. The fourth-order valence-electron chi connectivity index (χ4n) is 3.91. The third-order valence-corrected chi connectivity index (χ3v) is 5.36. The Morgan fingerprint density at radius 2 is 2.25 bits per heavy atom. The van der Waals surface area contributed by atoms with Gasteiger partial charge in [0.15, 0.2) is 0 Å². The molecule has 1 saturated carbocycles. The van der Waals surface area contributed by atoms with Crippen molar-refractivity contribution in [1.29, 1.82) is 0 Å². The second-order valence-electron chi connectivity index (χ2n) is 7.38. The van der Waals surface area contributed by atoms with E-state index in [1.165, 1.54) is 51.4 Å². The quantitative estimate of drug-likeness (QED) is 0.611. The van der Waals surface area contributed by atoms with Gasteiger partial charge >= 0.3 is 0 Å². The number of carbonyl (C=O) groups is 1. The predicted octanol–water partition coefficient (Wildman–Crippen LogP) is 2.79. The highest BCUT2D eigenvalue weighted by Gasteiger charge is 2.28. The van der Waals surface area contributed by atoms with Crippen LogP contribution in [-0.4, -0.2) is 28.3 Å². The molecule has 0 bridgehead atoms. The molecule has 2 rings (SSSR count). The van der Waals surface area contributed by atoms with Crippen LogP contribution in [0, 0.1) is 11.8 Å². The summed E-state index contributed by atoms with van der Waals surface area (Å²) in [5.41, 5.74) is 6.69. The van der Waals surface area contributed by atoms with E-state index in [1.54, 1.807) is 4.68 Å². The largest absolute Gasteiger partial charge is 0.369 e. The van der Waals surface area contributed by atoms with Crippen LogP contribution in [0.3, 0.4) is 0 Å². The van der Waals surface area contributed by atoms with Crippen LogP contribution in [0.15, 0.2) is 12.4 Å². The normalized spacial score (nSPS) is 21.9. The van der Waals surface area contributed by atoms with E-state index >= 15 is 0 Å². The van der Waals surface area contributed by atoms with Gasteiger partial charge in [-0.1, -0.05) is 39.0 Å². The van der Waals surface area contributed by atoms with Gasteiger partial charge < -0.3 is 11.1 Å². The van der Waals surface area contributed by atoms with Crippen molar-refractivity contribution >= 4 is 5.91 Å². The lowest BCUT2D eigenvalue weighted by Gasteiger charge is -2.23. The zero-order valence-corrected chi connectivity index (χ0v) is 15.3. The molecular weight excluding hydrogens is 300 g/mol. The van der Waals surface area contributed by atoms with Crippen LogP contribution in [0.25, 0.3) is 0 Å². The van der Waals surface area contributed by atoms with Crippen molar-refractivity contribution in [3.05, 3.63) is 18.0 Å². The number of nitrogens with two attached hydrogens (primary N) is 1. The molecule has 5 heteroatoms. The van der Waals surface area contributed by atoms with Crippen LogP contribution >= 0.6 is 0 Å². The maximum atomic E-state index is 11.8. The number of nitrogens with one attached hydrogen (secondary N) is 1. The van der Waals surface area contributed by atoms with Gasteiger partial charge in [-0.25, -0.2) is 0 Å². The van der Waals surface area contributed by atoms with Crippen molar-refractivity contribution in [3.63, 3.8) is 0 Å². The Hall–Kier alpha value is -1.36. The van der Waals surface area contributed by atoms with E-state index in [0.29, 0.717) is 19.0 Å². The minimum atomic E-state index is -0.219. The molecule has 0 aliphatic heterocycles. The summed E-state index contributed by atoms with van der Waals surface area (Å²) in [7, 11) is 1.89. The first kappa shape index (κ1) is 19.0. The second kappa shape index (κ2) is 9.82. The van der Waals surface area contributed by atoms with Crippen molar-refractivity contribution in [2.75, 3.05) is 6.54 Å². The van der Waals surface area contributed by atoms with Crippen molar-refractivity contribution in [1.82, 2.24) is 15.1 Å². The Bertz CT molecular complexity index is 499. The standard InChI is InChI=1S/C19H34N4O/c1-3-4-5-6-8-16-9-7-10-18(16)21-13-17(19(20)24)11-15-12-22-23(2)14-15/h12,14,16-18,21H,3-11,13H2,1-2H3,(H2,20,24)/t16-,17+,18-/m1/s1. The number of carbonyl (C=O) groups excluding carboxylic acids is 1. The van der Waals surface area contributed by atoms with Gasteiger partial charge in [-0.15, -0.1) is 0 Å². The maximum absolute atomic E-state index is 11.8. The Kier molecular flexibility index (Phi) is 7.76. The summed E-state index contributed by atoms with van der Waals surface area (Å²) in [4.78, 5) is 11.8. The number of aromatic nitrogens is 2. The van der Waals surface area contributed by atoms with Gasteiger partial charge in [-0.2, -0.15) is 5.10 Å². The molecule has 1 aliphatic rings. The molecular formula is C19H34N4O. The van der Waals surface area contributed by atoms with E-state index in [1.807, 2.05) is 19.4 Å². The van der Waals surface area contributed by atoms with Crippen LogP contribution in [0.2, 0.25) is 0 Å². The fraction of sp³-hybridized carbons (Fsp3) is 0.789. The second-order valence-corrected chi connectivity index (χ2v) is 7.38. The molecule has 1 fully saturated rings. The van der Waals surface area contributed by atoms with Crippen LogP contribution in [-0.2, 0) is 18.3 Å². The maximum Gasteiger partial charge on any atom is 0.222 e. The first-order valence-electron chi connectivity index (χ1n) is 9.60. The molecule has 136 valence electrons. The Labute approximate surface area is 146 Å². The number of rotatable bonds is 11. The Morgan fingerprint density at radius 3 is 2.92 bits per heavy atom. The first-order valence-corrected chi connectivity index (χ1v) is 9.60. The van der Waals surface area contributed by atoms with Crippen molar-refractivity contribution in [3.8, 4) is 0 Å². The molecule has 3 N–H and O–H groups in total. The topological polar surface area (TPSA) is 72.9 Å². The van der Waals surface area contributed by atoms with Crippen LogP contribution in [0.1, 0.15) is 63.9 Å². The number of unbranched alkanes of at least 4 members (excludes halogenated alkanes) is 3. The monoisotopic (exact) mass is 334 g/mol. The molecule has 0 spiro atoms. The molecule has 0 unspecified atom stereocenters. The summed E-state index contributed by atoms with van der Waals surface area (Å²) in [5, 5.41) is 7.82. The smallest absolute Gasteiger partial charge is 0.222 e. The number of aryl methyl sites for hydroxylation is 1. The fourth-order valence-corrected chi connectivity index (χ4v) is 3.91. The van der Waals surface area contributed by atoms with E-state index < -0.39 is 0 Å². The number of nitrogens with zero attached hydrogens (tertiary/aromatic N) is 2. The van der Waals surface area contributed by atoms with Crippen LogP contribution in [0.4, 0.5) is 0 Å². The molecule has 24 heavy (non-hydrogen) atoms.